The maximum atomic E-state index is 11.5. The Hall–Kier alpha value is -2.60. The van der Waals surface area contributed by atoms with Crippen LogP contribution >= 0.6 is 12.2 Å². The van der Waals surface area contributed by atoms with Gasteiger partial charge in [-0.25, -0.2) is 5.01 Å². The lowest BCUT2D eigenvalue weighted by molar-refractivity contribution is -0.137. The Morgan fingerprint density at radius 3 is 2.31 bits per heavy atom. The van der Waals surface area contributed by atoms with Crippen LogP contribution in [0.4, 0.5) is 0 Å². The van der Waals surface area contributed by atoms with Gasteiger partial charge in [0.15, 0.2) is 0 Å². The van der Waals surface area contributed by atoms with Crippen molar-refractivity contribution in [3.63, 3.8) is 0 Å². The summed E-state index contributed by atoms with van der Waals surface area (Å²) in [5.74, 6) is -0.927. The number of benzene rings is 2. The van der Waals surface area contributed by atoms with Crippen molar-refractivity contribution in [2.24, 2.45) is 5.29 Å². The average molecular weight is 411 g/mol. The third-order valence-electron chi connectivity index (χ3n) is 5.62. The lowest BCUT2D eigenvalue weighted by Crippen LogP contribution is -2.30. The Morgan fingerprint density at radius 2 is 1.72 bits per heavy atom. The van der Waals surface area contributed by atoms with Crippen LogP contribution in [-0.2, 0) is 11.3 Å². The van der Waals surface area contributed by atoms with E-state index in [1.165, 1.54) is 42.7 Å². The molecule has 1 atom stereocenters. The van der Waals surface area contributed by atoms with Gasteiger partial charge in [-0.1, -0.05) is 86.1 Å². The first-order valence-corrected chi connectivity index (χ1v) is 10.5. The standard InChI is InChI=1S/C23H26N2O3S/c26-22(27)15-21(20-9-5-2-6-10-20)23(29)25(24-28)16-17-11-13-19(14-12-17)18-7-3-1-4-8-18/h2,5-6,9-14,18,21H,1,3-4,7-8,15-16H2,(H,26,27). The lowest BCUT2D eigenvalue weighted by Gasteiger charge is -2.24. The number of hydrogen-bond acceptors (Lipinski definition) is 4. The van der Waals surface area contributed by atoms with Crippen LogP contribution < -0.4 is 0 Å². The molecule has 1 unspecified atom stereocenters. The molecule has 0 amide bonds. The second-order valence-electron chi connectivity index (χ2n) is 7.62. The number of nitrogens with zero attached hydrogens (tertiary/aromatic N) is 2. The maximum Gasteiger partial charge on any atom is 0.304 e. The topological polar surface area (TPSA) is 70.0 Å². The van der Waals surface area contributed by atoms with Crippen molar-refractivity contribution in [2.45, 2.75) is 56.9 Å². The van der Waals surface area contributed by atoms with E-state index < -0.39 is 11.9 Å². The fraction of sp³-hybridized carbons (Fsp3) is 0.391. The molecule has 0 aromatic heterocycles. The molecule has 1 aliphatic rings. The first-order chi connectivity index (χ1) is 14.1. The summed E-state index contributed by atoms with van der Waals surface area (Å²) >= 11 is 5.49. The molecule has 0 radical (unpaired) electrons. The van der Waals surface area contributed by atoms with Crippen LogP contribution in [0.25, 0.3) is 0 Å². The third-order valence-corrected chi connectivity index (χ3v) is 6.12. The molecule has 0 bridgehead atoms. The predicted molar refractivity (Wildman–Crippen MR) is 118 cm³/mol. The molecule has 0 spiro atoms. The van der Waals surface area contributed by atoms with Crippen LogP contribution in [0.15, 0.2) is 59.9 Å². The van der Waals surface area contributed by atoms with E-state index in [-0.39, 0.29) is 18.0 Å². The molecule has 152 valence electrons. The van der Waals surface area contributed by atoms with Gasteiger partial charge >= 0.3 is 5.97 Å². The first-order valence-electron chi connectivity index (χ1n) is 10.1. The molecule has 2 aromatic rings. The quantitative estimate of drug-likeness (QED) is 0.338. The summed E-state index contributed by atoms with van der Waals surface area (Å²) in [5.41, 5.74) is 3.03. The molecular formula is C23H26N2O3S. The lowest BCUT2D eigenvalue weighted by atomic mass is 9.84. The van der Waals surface area contributed by atoms with Crippen LogP contribution in [0.3, 0.4) is 0 Å². The fourth-order valence-corrected chi connectivity index (χ4v) is 4.36. The summed E-state index contributed by atoms with van der Waals surface area (Å²) in [5, 5.41) is 13.6. The van der Waals surface area contributed by atoms with Gasteiger partial charge in [0.25, 0.3) is 0 Å². The molecule has 3 rings (SSSR count). The average Bonchev–Trinajstić information content (AvgIpc) is 2.77. The van der Waals surface area contributed by atoms with E-state index in [0.717, 1.165) is 11.1 Å². The zero-order valence-electron chi connectivity index (χ0n) is 16.4. The Kier molecular flexibility index (Phi) is 7.47. The highest BCUT2D eigenvalue weighted by Crippen LogP contribution is 2.33. The van der Waals surface area contributed by atoms with Gasteiger partial charge in [0.05, 0.1) is 18.3 Å². The second-order valence-corrected chi connectivity index (χ2v) is 8.03. The van der Waals surface area contributed by atoms with Gasteiger partial charge in [0.2, 0.25) is 0 Å². The van der Waals surface area contributed by atoms with E-state index in [0.29, 0.717) is 5.92 Å². The molecule has 1 saturated carbocycles. The van der Waals surface area contributed by atoms with Crippen LogP contribution in [-0.4, -0.2) is 21.1 Å². The molecular weight excluding hydrogens is 384 g/mol. The monoisotopic (exact) mass is 410 g/mol. The molecule has 0 saturated heterocycles. The summed E-state index contributed by atoms with van der Waals surface area (Å²) in [6.07, 6.45) is 6.18. The summed E-state index contributed by atoms with van der Waals surface area (Å²) in [6, 6.07) is 17.4. The van der Waals surface area contributed by atoms with Gasteiger partial charge in [-0.3, -0.25) is 4.79 Å². The smallest absolute Gasteiger partial charge is 0.304 e. The Bertz CT molecular complexity index is 833. The van der Waals surface area contributed by atoms with Crippen molar-refractivity contribution in [3.8, 4) is 0 Å². The third kappa shape index (κ3) is 5.70. The predicted octanol–water partition coefficient (Wildman–Crippen LogP) is 5.80. The minimum absolute atomic E-state index is 0.185. The molecule has 5 nitrogen and oxygen atoms in total. The van der Waals surface area contributed by atoms with Gasteiger partial charge < -0.3 is 5.11 Å². The van der Waals surface area contributed by atoms with E-state index >= 15 is 0 Å². The first kappa shape index (κ1) is 21.1. The van der Waals surface area contributed by atoms with Gasteiger partial charge in [0, 0.05) is 5.92 Å². The number of carboxylic acid groups (broad SMARTS) is 1. The molecule has 1 N–H and O–H groups in total. The zero-order chi connectivity index (χ0) is 20.6. The van der Waals surface area contributed by atoms with Crippen molar-refractivity contribution < 1.29 is 9.90 Å². The van der Waals surface area contributed by atoms with Crippen LogP contribution in [0, 0.1) is 4.91 Å². The van der Waals surface area contributed by atoms with Gasteiger partial charge in [-0.05, 0) is 35.4 Å². The van der Waals surface area contributed by atoms with Crippen molar-refractivity contribution in [1.82, 2.24) is 5.01 Å². The number of carbonyl (C=O) groups is 1. The highest BCUT2D eigenvalue weighted by atomic mass is 32.1. The van der Waals surface area contributed by atoms with E-state index in [1.807, 2.05) is 42.5 Å². The molecule has 1 aliphatic carbocycles. The number of nitroso groups, excluding NO2 is 1. The van der Waals surface area contributed by atoms with Crippen molar-refractivity contribution >= 4 is 23.2 Å². The Morgan fingerprint density at radius 1 is 1.07 bits per heavy atom. The highest BCUT2D eigenvalue weighted by molar-refractivity contribution is 7.80. The molecule has 0 aliphatic heterocycles. The van der Waals surface area contributed by atoms with Crippen molar-refractivity contribution in [3.05, 3.63) is 76.2 Å². The summed E-state index contributed by atoms with van der Waals surface area (Å²) in [4.78, 5) is 23.1. The molecule has 2 aromatic carbocycles. The molecule has 29 heavy (non-hydrogen) atoms. The van der Waals surface area contributed by atoms with Crippen molar-refractivity contribution in [1.29, 1.82) is 0 Å². The largest absolute Gasteiger partial charge is 0.481 e. The van der Waals surface area contributed by atoms with Gasteiger partial charge in [-0.15, -0.1) is 4.91 Å². The number of aliphatic carboxylic acids is 1. The van der Waals surface area contributed by atoms with E-state index in [1.54, 1.807) is 0 Å². The van der Waals surface area contributed by atoms with Gasteiger partial charge in [0.1, 0.15) is 4.99 Å². The number of rotatable bonds is 8. The van der Waals surface area contributed by atoms with Crippen LogP contribution in [0.2, 0.25) is 0 Å². The minimum Gasteiger partial charge on any atom is -0.481 e. The highest BCUT2D eigenvalue weighted by Gasteiger charge is 2.26. The van der Waals surface area contributed by atoms with Crippen LogP contribution in [0.1, 0.15) is 67.1 Å². The molecule has 1 fully saturated rings. The molecule has 0 heterocycles. The zero-order valence-corrected chi connectivity index (χ0v) is 17.2. The van der Waals surface area contributed by atoms with E-state index in [9.17, 15) is 14.8 Å². The Balaban J connectivity index is 1.72. The maximum absolute atomic E-state index is 11.5. The number of hydrogen-bond donors (Lipinski definition) is 1. The SMILES string of the molecule is O=NN(Cc1ccc(C2CCCCC2)cc1)C(=S)C(CC(=O)O)c1ccccc1. The number of thiocarbonyl (C=S) groups is 1. The molecule has 6 heteroatoms. The second kappa shape index (κ2) is 10.3. The Labute approximate surface area is 176 Å². The number of carboxylic acids is 1. The summed E-state index contributed by atoms with van der Waals surface area (Å²) in [7, 11) is 0. The van der Waals surface area contributed by atoms with Gasteiger partial charge in [-0.2, -0.15) is 0 Å². The fourth-order valence-electron chi connectivity index (χ4n) is 4.04. The van der Waals surface area contributed by atoms with Crippen molar-refractivity contribution in [2.75, 3.05) is 0 Å². The van der Waals surface area contributed by atoms with Crippen LogP contribution in [0.5, 0.6) is 0 Å². The normalized spacial score (nSPS) is 15.4. The minimum atomic E-state index is -0.969. The summed E-state index contributed by atoms with van der Waals surface area (Å²) < 4.78 is 0. The van der Waals surface area contributed by atoms with E-state index in [4.69, 9.17) is 12.2 Å². The summed E-state index contributed by atoms with van der Waals surface area (Å²) in [6.45, 7) is 0.232. The van der Waals surface area contributed by atoms with E-state index in [2.05, 4.69) is 17.4 Å².